The maximum atomic E-state index is 13.7. The van der Waals surface area contributed by atoms with Gasteiger partial charge < -0.3 is 15.0 Å². The fourth-order valence-corrected chi connectivity index (χ4v) is 5.41. The monoisotopic (exact) mass is 650 g/mol. The summed E-state index contributed by atoms with van der Waals surface area (Å²) >= 11 is 15.2. The van der Waals surface area contributed by atoms with E-state index in [1.165, 1.54) is 0 Å². The van der Waals surface area contributed by atoms with E-state index in [0.29, 0.717) is 27.8 Å². The number of ether oxygens (including phenoxy) is 1. The molecule has 0 spiro atoms. The maximum absolute atomic E-state index is 13.7. The Bertz CT molecular complexity index is 1180. The number of halogens is 3. The highest BCUT2D eigenvalue weighted by atomic mass is 127. The van der Waals surface area contributed by atoms with Gasteiger partial charge in [-0.15, -0.1) is 0 Å². The van der Waals surface area contributed by atoms with Crippen LogP contribution in [0.4, 0.5) is 0 Å². The summed E-state index contributed by atoms with van der Waals surface area (Å²) in [4.78, 5) is 29.0. The number of amides is 2. The molecule has 8 heteroatoms. The van der Waals surface area contributed by atoms with E-state index in [-0.39, 0.29) is 31.0 Å². The average Bonchev–Trinajstić information content (AvgIpc) is 3.40. The molecule has 1 aliphatic rings. The third kappa shape index (κ3) is 7.85. The van der Waals surface area contributed by atoms with E-state index in [1.54, 1.807) is 23.1 Å². The molecule has 3 aromatic carbocycles. The molecule has 194 valence electrons. The SMILES string of the molecule is O=C(NC1CCCC1)[C@@H](Cc1ccccc1)N(Cc1c(Cl)cccc1Cl)C(=O)COc1ccc(I)cc1. The molecule has 3 aromatic rings. The Hall–Kier alpha value is -2.29. The largest absolute Gasteiger partial charge is 0.484 e. The van der Waals surface area contributed by atoms with Gasteiger partial charge in [0.2, 0.25) is 5.91 Å². The van der Waals surface area contributed by atoms with E-state index in [2.05, 4.69) is 27.9 Å². The minimum atomic E-state index is -0.761. The van der Waals surface area contributed by atoms with E-state index in [1.807, 2.05) is 54.6 Å². The minimum Gasteiger partial charge on any atom is -0.484 e. The Labute approximate surface area is 241 Å². The summed E-state index contributed by atoms with van der Waals surface area (Å²) in [7, 11) is 0. The first-order chi connectivity index (χ1) is 17.9. The van der Waals surface area contributed by atoms with Crippen LogP contribution in [0, 0.1) is 3.57 Å². The second-order valence-corrected chi connectivity index (χ2v) is 11.2. The molecule has 0 radical (unpaired) electrons. The van der Waals surface area contributed by atoms with Crippen LogP contribution < -0.4 is 10.1 Å². The fourth-order valence-electron chi connectivity index (χ4n) is 4.53. The van der Waals surface area contributed by atoms with Crippen molar-refractivity contribution in [3.8, 4) is 5.75 Å². The molecule has 1 atom stereocenters. The van der Waals surface area contributed by atoms with Gasteiger partial charge in [-0.3, -0.25) is 9.59 Å². The molecule has 1 N–H and O–H groups in total. The molecular formula is C29H29Cl2IN2O3. The molecule has 2 amide bonds. The van der Waals surface area contributed by atoms with E-state index in [9.17, 15) is 9.59 Å². The summed E-state index contributed by atoms with van der Waals surface area (Å²) in [6.45, 7) is -0.131. The Balaban J connectivity index is 1.64. The fraction of sp³-hybridized carbons (Fsp3) is 0.310. The van der Waals surface area contributed by atoms with Crippen molar-refractivity contribution < 1.29 is 14.3 Å². The number of carbonyl (C=O) groups is 2. The van der Waals surface area contributed by atoms with Crippen molar-refractivity contribution >= 4 is 57.6 Å². The van der Waals surface area contributed by atoms with Crippen molar-refractivity contribution in [2.75, 3.05) is 6.61 Å². The van der Waals surface area contributed by atoms with Gasteiger partial charge in [-0.1, -0.05) is 72.4 Å². The predicted molar refractivity (Wildman–Crippen MR) is 156 cm³/mol. The minimum absolute atomic E-state index is 0.0863. The number of nitrogens with zero attached hydrogens (tertiary/aromatic N) is 1. The van der Waals surface area contributed by atoms with E-state index in [4.69, 9.17) is 27.9 Å². The maximum Gasteiger partial charge on any atom is 0.261 e. The van der Waals surface area contributed by atoms with Gasteiger partial charge in [-0.25, -0.2) is 0 Å². The van der Waals surface area contributed by atoms with Gasteiger partial charge in [0.05, 0.1) is 0 Å². The first-order valence-corrected chi connectivity index (χ1v) is 14.2. The number of rotatable bonds is 10. The van der Waals surface area contributed by atoms with Crippen molar-refractivity contribution in [2.45, 2.75) is 50.7 Å². The van der Waals surface area contributed by atoms with Crippen LogP contribution in [0.5, 0.6) is 5.75 Å². The topological polar surface area (TPSA) is 58.6 Å². The van der Waals surface area contributed by atoms with Crippen molar-refractivity contribution in [3.63, 3.8) is 0 Å². The van der Waals surface area contributed by atoms with E-state index < -0.39 is 6.04 Å². The van der Waals surface area contributed by atoms with E-state index in [0.717, 1.165) is 34.8 Å². The molecule has 1 fully saturated rings. The Kier molecular flexibility index (Phi) is 10.1. The lowest BCUT2D eigenvalue weighted by Gasteiger charge is -2.32. The molecule has 4 rings (SSSR count). The quantitative estimate of drug-likeness (QED) is 0.249. The van der Waals surface area contributed by atoms with Crippen LogP contribution >= 0.6 is 45.8 Å². The van der Waals surface area contributed by atoms with Crippen molar-refractivity contribution in [2.24, 2.45) is 0 Å². The zero-order valence-electron chi connectivity index (χ0n) is 20.3. The summed E-state index contributed by atoms with van der Waals surface area (Å²) in [5.74, 6) is 0.0816. The standard InChI is InChI=1S/C29H29Cl2IN2O3/c30-25-11-6-12-26(31)24(25)18-34(28(35)19-37-23-15-13-21(32)14-16-23)27(17-20-7-2-1-3-8-20)29(36)33-22-9-4-5-10-22/h1-3,6-8,11-16,22,27H,4-5,9-10,17-19H2,(H,33,36)/t27-/m1/s1. The predicted octanol–water partition coefficient (Wildman–Crippen LogP) is 6.68. The number of carbonyl (C=O) groups excluding carboxylic acids is 2. The highest BCUT2D eigenvalue weighted by molar-refractivity contribution is 14.1. The zero-order chi connectivity index (χ0) is 26.2. The van der Waals surface area contributed by atoms with Crippen LogP contribution in [-0.4, -0.2) is 35.4 Å². The Morgan fingerprint density at radius 3 is 2.24 bits per heavy atom. The van der Waals surface area contributed by atoms with Crippen LogP contribution in [0.15, 0.2) is 72.8 Å². The number of hydrogen-bond donors (Lipinski definition) is 1. The lowest BCUT2D eigenvalue weighted by atomic mass is 10.0. The second-order valence-electron chi connectivity index (χ2n) is 9.16. The van der Waals surface area contributed by atoms with Gasteiger partial charge in [0.15, 0.2) is 6.61 Å². The molecule has 5 nitrogen and oxygen atoms in total. The van der Waals surface area contributed by atoms with E-state index >= 15 is 0 Å². The molecule has 0 aliphatic heterocycles. The highest BCUT2D eigenvalue weighted by Crippen LogP contribution is 2.28. The van der Waals surface area contributed by atoms with Crippen LogP contribution in [0.3, 0.4) is 0 Å². The van der Waals surface area contributed by atoms with Gasteiger partial charge in [0.1, 0.15) is 11.8 Å². The van der Waals surface area contributed by atoms with Crippen molar-refractivity contribution in [1.29, 1.82) is 0 Å². The lowest BCUT2D eigenvalue weighted by Crippen LogP contribution is -2.53. The van der Waals surface area contributed by atoms with Crippen molar-refractivity contribution in [1.82, 2.24) is 10.2 Å². The number of nitrogens with one attached hydrogen (secondary N) is 1. The van der Waals surface area contributed by atoms with Crippen LogP contribution in [0.25, 0.3) is 0 Å². The summed E-state index contributed by atoms with van der Waals surface area (Å²) in [5, 5.41) is 4.08. The molecule has 0 saturated heterocycles. The van der Waals surface area contributed by atoms with Crippen LogP contribution in [-0.2, 0) is 22.6 Å². The normalized spacial score (nSPS) is 14.2. The molecule has 1 aliphatic carbocycles. The third-order valence-electron chi connectivity index (χ3n) is 6.54. The summed E-state index contributed by atoms with van der Waals surface area (Å²) in [6, 6.07) is 21.8. The summed E-state index contributed by atoms with van der Waals surface area (Å²) in [5.41, 5.74) is 1.55. The molecule has 0 bridgehead atoms. The average molecular weight is 651 g/mol. The van der Waals surface area contributed by atoms with Crippen LogP contribution in [0.1, 0.15) is 36.8 Å². The molecule has 37 heavy (non-hydrogen) atoms. The molecule has 0 heterocycles. The van der Waals surface area contributed by atoms with Gasteiger partial charge in [-0.05, 0) is 77.4 Å². The first-order valence-electron chi connectivity index (χ1n) is 12.4. The summed E-state index contributed by atoms with van der Waals surface area (Å²) in [6.07, 6.45) is 4.44. The summed E-state index contributed by atoms with van der Waals surface area (Å²) < 4.78 is 6.89. The molecule has 0 unspecified atom stereocenters. The lowest BCUT2D eigenvalue weighted by molar-refractivity contribution is -0.143. The number of benzene rings is 3. The van der Waals surface area contributed by atoms with Crippen molar-refractivity contribution in [3.05, 3.63) is 97.5 Å². The van der Waals surface area contributed by atoms with Gasteiger partial charge in [0.25, 0.3) is 5.91 Å². The smallest absolute Gasteiger partial charge is 0.261 e. The number of hydrogen-bond acceptors (Lipinski definition) is 3. The molecule has 0 aromatic heterocycles. The van der Waals surface area contributed by atoms with Gasteiger partial charge >= 0.3 is 0 Å². The third-order valence-corrected chi connectivity index (χ3v) is 7.97. The second kappa shape index (κ2) is 13.5. The zero-order valence-corrected chi connectivity index (χ0v) is 24.0. The van der Waals surface area contributed by atoms with Gasteiger partial charge in [0, 0.05) is 38.2 Å². The molecule has 1 saturated carbocycles. The highest BCUT2D eigenvalue weighted by Gasteiger charge is 2.33. The Morgan fingerprint density at radius 2 is 1.59 bits per heavy atom. The Morgan fingerprint density at radius 1 is 0.946 bits per heavy atom. The molecular weight excluding hydrogens is 622 g/mol. The van der Waals surface area contributed by atoms with Crippen LogP contribution in [0.2, 0.25) is 10.0 Å². The van der Waals surface area contributed by atoms with Gasteiger partial charge in [-0.2, -0.15) is 0 Å². The first kappa shape index (κ1) is 27.7.